The molecule has 0 aromatic rings. The van der Waals surface area contributed by atoms with Crippen LogP contribution in [0.1, 0.15) is 51.4 Å². The van der Waals surface area contributed by atoms with Crippen LogP contribution >= 0.6 is 0 Å². The summed E-state index contributed by atoms with van der Waals surface area (Å²) in [5.74, 6) is 0.871. The van der Waals surface area contributed by atoms with Crippen molar-refractivity contribution in [3.05, 3.63) is 0 Å². The Morgan fingerprint density at radius 2 is 1.86 bits per heavy atom. The van der Waals surface area contributed by atoms with E-state index in [9.17, 15) is 4.79 Å². The van der Waals surface area contributed by atoms with Gasteiger partial charge in [-0.25, -0.2) is 0 Å². The minimum Gasteiger partial charge on any atom is -0.313 e. The molecule has 1 saturated carbocycles. The monoisotopic (exact) mass is 195 g/mol. The smallest absolute Gasteiger partial charge is 0.137 e. The number of nitrogens with one attached hydrogen (secondary N) is 1. The molecule has 14 heavy (non-hydrogen) atoms. The molecule has 2 aliphatic rings. The van der Waals surface area contributed by atoms with E-state index in [1.165, 1.54) is 32.1 Å². The molecule has 1 aliphatic carbocycles. The van der Waals surface area contributed by atoms with Crippen molar-refractivity contribution in [2.75, 3.05) is 6.54 Å². The average molecular weight is 195 g/mol. The van der Waals surface area contributed by atoms with Crippen molar-refractivity contribution in [1.82, 2.24) is 5.32 Å². The molecule has 2 unspecified atom stereocenters. The second-order valence-corrected chi connectivity index (χ2v) is 4.73. The topological polar surface area (TPSA) is 29.1 Å². The van der Waals surface area contributed by atoms with Gasteiger partial charge in [-0.1, -0.05) is 19.3 Å². The van der Waals surface area contributed by atoms with Crippen LogP contribution in [0.25, 0.3) is 0 Å². The fourth-order valence-electron chi connectivity index (χ4n) is 2.84. The molecular formula is C12H21NO. The average Bonchev–Trinajstić information content (AvgIpc) is 2.51. The van der Waals surface area contributed by atoms with Crippen molar-refractivity contribution in [1.29, 1.82) is 0 Å². The van der Waals surface area contributed by atoms with Crippen LogP contribution in [0.4, 0.5) is 0 Å². The number of carbonyl (C=O) groups excluding carboxylic acids is 1. The van der Waals surface area contributed by atoms with Gasteiger partial charge in [0.1, 0.15) is 5.78 Å². The molecule has 0 bridgehead atoms. The second-order valence-electron chi connectivity index (χ2n) is 4.73. The third-order valence-corrected chi connectivity index (χ3v) is 3.69. The lowest BCUT2D eigenvalue weighted by molar-refractivity contribution is -0.121. The van der Waals surface area contributed by atoms with E-state index in [2.05, 4.69) is 5.32 Å². The summed E-state index contributed by atoms with van der Waals surface area (Å²) in [7, 11) is 0. The molecule has 0 aromatic heterocycles. The maximum absolute atomic E-state index is 11.6. The maximum atomic E-state index is 11.6. The first-order valence-corrected chi connectivity index (χ1v) is 6.14. The maximum Gasteiger partial charge on any atom is 0.137 e. The third-order valence-electron chi connectivity index (χ3n) is 3.69. The summed E-state index contributed by atoms with van der Waals surface area (Å²) in [5.41, 5.74) is 0. The highest BCUT2D eigenvalue weighted by molar-refractivity contribution is 5.83. The lowest BCUT2D eigenvalue weighted by atomic mass is 9.91. The predicted molar refractivity (Wildman–Crippen MR) is 57.2 cm³/mol. The fraction of sp³-hybridized carbons (Fsp3) is 0.917. The minimum atomic E-state index is 0.355. The molecule has 1 N–H and O–H groups in total. The van der Waals surface area contributed by atoms with Crippen molar-refractivity contribution in [3.8, 4) is 0 Å². The number of Topliss-reactive ketones (excluding diaryl/α,β-unsaturated/α-hetero) is 1. The molecule has 2 nitrogen and oxygen atoms in total. The van der Waals surface area contributed by atoms with E-state index >= 15 is 0 Å². The summed E-state index contributed by atoms with van der Waals surface area (Å²) in [6, 6.07) is 0.505. The van der Waals surface area contributed by atoms with Crippen LogP contribution in [0.2, 0.25) is 0 Å². The Morgan fingerprint density at radius 3 is 2.64 bits per heavy atom. The Labute approximate surface area is 86.5 Å². The molecule has 2 rings (SSSR count). The van der Waals surface area contributed by atoms with Crippen molar-refractivity contribution < 1.29 is 4.79 Å². The number of hydrogen-bond donors (Lipinski definition) is 1. The van der Waals surface area contributed by atoms with Crippen LogP contribution in [-0.2, 0) is 4.79 Å². The Morgan fingerprint density at radius 1 is 1.00 bits per heavy atom. The summed E-state index contributed by atoms with van der Waals surface area (Å²) >= 11 is 0. The molecule has 2 fully saturated rings. The summed E-state index contributed by atoms with van der Waals surface area (Å²) in [6.45, 7) is 1.12. The van der Waals surface area contributed by atoms with Crippen LogP contribution in [-0.4, -0.2) is 18.4 Å². The summed E-state index contributed by atoms with van der Waals surface area (Å²) in [6.07, 6.45) is 9.63. The third kappa shape index (κ3) is 2.35. The molecule has 1 saturated heterocycles. The molecule has 0 aromatic carbocycles. The van der Waals surface area contributed by atoms with E-state index in [1.807, 2.05) is 0 Å². The first-order chi connectivity index (χ1) is 6.88. The van der Waals surface area contributed by atoms with E-state index in [0.717, 1.165) is 25.8 Å². The zero-order valence-electron chi connectivity index (χ0n) is 8.93. The largest absolute Gasteiger partial charge is 0.313 e. The number of ketones is 1. The first-order valence-electron chi connectivity index (χ1n) is 6.14. The van der Waals surface area contributed by atoms with Gasteiger partial charge in [-0.2, -0.15) is 0 Å². The van der Waals surface area contributed by atoms with Gasteiger partial charge in [-0.3, -0.25) is 4.79 Å². The number of carbonyl (C=O) groups is 1. The van der Waals surface area contributed by atoms with Crippen molar-refractivity contribution >= 4 is 5.78 Å². The van der Waals surface area contributed by atoms with E-state index in [0.29, 0.717) is 17.7 Å². The zero-order valence-corrected chi connectivity index (χ0v) is 8.93. The highest BCUT2D eigenvalue weighted by Gasteiger charge is 2.31. The van der Waals surface area contributed by atoms with Gasteiger partial charge in [0.05, 0.1) is 0 Å². The Bertz CT molecular complexity index is 194. The molecule has 2 heteroatoms. The summed E-state index contributed by atoms with van der Waals surface area (Å²) < 4.78 is 0. The van der Waals surface area contributed by atoms with Crippen molar-refractivity contribution in [3.63, 3.8) is 0 Å². The van der Waals surface area contributed by atoms with Gasteiger partial charge in [0.25, 0.3) is 0 Å². The van der Waals surface area contributed by atoms with E-state index in [1.54, 1.807) is 0 Å². The van der Waals surface area contributed by atoms with Gasteiger partial charge < -0.3 is 5.32 Å². The van der Waals surface area contributed by atoms with E-state index < -0.39 is 0 Å². The van der Waals surface area contributed by atoms with Crippen LogP contribution in [0.15, 0.2) is 0 Å². The molecule has 1 aliphatic heterocycles. The lowest BCUT2D eigenvalue weighted by Crippen LogP contribution is -2.39. The quantitative estimate of drug-likeness (QED) is 0.695. The number of rotatable bonds is 1. The van der Waals surface area contributed by atoms with Crippen LogP contribution in [0.3, 0.4) is 0 Å². The van der Waals surface area contributed by atoms with Gasteiger partial charge in [0.15, 0.2) is 0 Å². The summed E-state index contributed by atoms with van der Waals surface area (Å²) in [4.78, 5) is 11.6. The van der Waals surface area contributed by atoms with Gasteiger partial charge >= 0.3 is 0 Å². The van der Waals surface area contributed by atoms with Gasteiger partial charge in [0, 0.05) is 18.4 Å². The molecule has 1 heterocycles. The highest BCUT2D eigenvalue weighted by atomic mass is 16.1. The normalized spacial score (nSPS) is 35.3. The van der Waals surface area contributed by atoms with E-state index in [4.69, 9.17) is 0 Å². The zero-order chi connectivity index (χ0) is 9.80. The predicted octanol–water partition coefficient (Wildman–Crippen LogP) is 2.28. The Balaban J connectivity index is 1.90. The SMILES string of the molecule is O=C1CCCC1C1CCCCCCN1. The molecule has 2 atom stereocenters. The van der Waals surface area contributed by atoms with Crippen molar-refractivity contribution in [2.45, 2.75) is 57.4 Å². The second kappa shape index (κ2) is 4.92. The molecule has 0 spiro atoms. The minimum absolute atomic E-state index is 0.355. The van der Waals surface area contributed by atoms with Crippen molar-refractivity contribution in [2.24, 2.45) is 5.92 Å². The van der Waals surface area contributed by atoms with Crippen LogP contribution in [0.5, 0.6) is 0 Å². The van der Waals surface area contributed by atoms with Gasteiger partial charge in [-0.05, 0) is 32.2 Å². The highest BCUT2D eigenvalue weighted by Crippen LogP contribution is 2.27. The van der Waals surface area contributed by atoms with Crippen LogP contribution in [0, 0.1) is 5.92 Å². The standard InChI is InChI=1S/C12H21NO/c14-12-8-5-6-10(12)11-7-3-1-2-4-9-13-11/h10-11,13H,1-9H2. The fourth-order valence-corrected chi connectivity index (χ4v) is 2.84. The first kappa shape index (κ1) is 10.2. The van der Waals surface area contributed by atoms with Gasteiger partial charge in [0.2, 0.25) is 0 Å². The molecule has 0 amide bonds. The lowest BCUT2D eigenvalue weighted by Gasteiger charge is -2.25. The van der Waals surface area contributed by atoms with Gasteiger partial charge in [-0.15, -0.1) is 0 Å². The molecule has 80 valence electrons. The Kier molecular flexibility index (Phi) is 3.57. The number of hydrogen-bond acceptors (Lipinski definition) is 2. The molecule has 0 radical (unpaired) electrons. The Hall–Kier alpha value is -0.370. The van der Waals surface area contributed by atoms with E-state index in [-0.39, 0.29) is 0 Å². The molecular weight excluding hydrogens is 174 g/mol. The van der Waals surface area contributed by atoms with Crippen LogP contribution < -0.4 is 5.32 Å². The summed E-state index contributed by atoms with van der Waals surface area (Å²) in [5, 5.41) is 3.57.